The van der Waals surface area contributed by atoms with Gasteiger partial charge in [0.25, 0.3) is 0 Å². The molecule has 2 fully saturated rings. The maximum absolute atomic E-state index is 14.3. The zero-order valence-corrected chi connectivity index (χ0v) is 39.5. The molecule has 2 aliphatic rings. The Morgan fingerprint density at radius 3 is 2.13 bits per heavy atom. The molecule has 8 unspecified atom stereocenters. The monoisotopic (exact) mass is 890 g/mol. The Morgan fingerprint density at radius 2 is 1.51 bits per heavy atom. The molecule has 0 aliphatic carbocycles. The Balaban J connectivity index is 1.66. The largest absolute Gasteiger partial charge is 0.382 e. The van der Waals surface area contributed by atoms with Crippen molar-refractivity contribution >= 4 is 29.5 Å². The van der Waals surface area contributed by atoms with E-state index < -0.39 is 36.3 Å². The second-order valence-electron chi connectivity index (χ2n) is 17.1. The number of likely N-dealkylation sites (N-methyl/N-ethyl adjacent to an activating group) is 1. The molecule has 0 saturated carbocycles. The summed E-state index contributed by atoms with van der Waals surface area (Å²) in [5, 5.41) is 12.1. The first kappa shape index (κ1) is 53.6. The first-order valence-corrected chi connectivity index (χ1v) is 22.9. The number of rotatable bonds is 29. The van der Waals surface area contributed by atoms with Crippen LogP contribution in [0.5, 0.6) is 0 Å². The van der Waals surface area contributed by atoms with Crippen molar-refractivity contribution in [2.45, 2.75) is 103 Å². The molecule has 2 saturated heterocycles. The number of likely N-dealkylation sites (tertiary alicyclic amines) is 1. The minimum absolute atomic E-state index is 0.00525. The third-order valence-electron chi connectivity index (χ3n) is 12.4. The van der Waals surface area contributed by atoms with Gasteiger partial charge in [0, 0.05) is 74.1 Å². The van der Waals surface area contributed by atoms with Gasteiger partial charge in [-0.25, -0.2) is 0 Å². The van der Waals surface area contributed by atoms with Gasteiger partial charge in [-0.15, -0.1) is 0 Å². The van der Waals surface area contributed by atoms with Crippen molar-refractivity contribution in [2.75, 3.05) is 107 Å². The first-order chi connectivity index (χ1) is 30.3. The lowest BCUT2D eigenvalue weighted by atomic mass is 9.90. The van der Waals surface area contributed by atoms with Crippen LogP contribution in [0.15, 0.2) is 30.3 Å². The van der Waals surface area contributed by atoms with Crippen LogP contribution >= 0.6 is 0 Å². The number of methoxy groups -OCH3 is 3. The predicted octanol–water partition coefficient (Wildman–Crippen LogP) is 1.48. The van der Waals surface area contributed by atoms with Crippen LogP contribution in [0.3, 0.4) is 0 Å². The number of hydrogen-bond acceptors (Lipinski definition) is 12. The molecule has 17 nitrogen and oxygen atoms in total. The van der Waals surface area contributed by atoms with Crippen LogP contribution in [-0.4, -0.2) is 188 Å². The highest BCUT2D eigenvalue weighted by Gasteiger charge is 2.42. The van der Waals surface area contributed by atoms with Gasteiger partial charge in [-0.2, -0.15) is 0 Å². The molecule has 1 aromatic rings. The summed E-state index contributed by atoms with van der Waals surface area (Å²) in [5.74, 6) is -1.98. The number of nitrogens with one attached hydrogen (secondary N) is 4. The highest BCUT2D eigenvalue weighted by Crippen LogP contribution is 2.29. The van der Waals surface area contributed by atoms with Crippen molar-refractivity contribution in [3.8, 4) is 0 Å². The summed E-state index contributed by atoms with van der Waals surface area (Å²) in [6, 6.07) is 7.42. The minimum atomic E-state index is -0.865. The van der Waals surface area contributed by atoms with E-state index >= 15 is 0 Å². The predicted molar refractivity (Wildman–Crippen MR) is 241 cm³/mol. The van der Waals surface area contributed by atoms with Crippen molar-refractivity contribution in [1.29, 1.82) is 0 Å². The molecule has 0 radical (unpaired) electrons. The van der Waals surface area contributed by atoms with Gasteiger partial charge in [0.2, 0.25) is 29.5 Å². The van der Waals surface area contributed by atoms with Crippen molar-refractivity contribution in [3.05, 3.63) is 35.9 Å². The molecule has 1 aromatic carbocycles. The Labute approximate surface area is 376 Å². The van der Waals surface area contributed by atoms with E-state index in [4.69, 9.17) is 23.7 Å². The van der Waals surface area contributed by atoms with Gasteiger partial charge in [-0.3, -0.25) is 28.9 Å². The van der Waals surface area contributed by atoms with E-state index in [1.54, 1.807) is 38.0 Å². The van der Waals surface area contributed by atoms with Crippen LogP contribution in [-0.2, 0) is 54.1 Å². The zero-order valence-electron chi connectivity index (χ0n) is 39.5. The topological polar surface area (TPSA) is 189 Å². The molecule has 17 heteroatoms. The molecule has 0 aromatic heterocycles. The second-order valence-corrected chi connectivity index (χ2v) is 17.1. The number of carbonyl (C=O) groups excluding carboxylic acids is 5. The summed E-state index contributed by atoms with van der Waals surface area (Å²) in [6.45, 7) is 15.6. The van der Waals surface area contributed by atoms with E-state index in [1.165, 1.54) is 7.11 Å². The molecular weight excluding hydrogens is 811 g/mol. The fourth-order valence-electron chi connectivity index (χ4n) is 8.76. The number of ether oxygens (including phenoxy) is 5. The third kappa shape index (κ3) is 17.0. The van der Waals surface area contributed by atoms with Crippen LogP contribution in [0.2, 0.25) is 0 Å². The Bertz CT molecular complexity index is 1520. The highest BCUT2D eigenvalue weighted by molar-refractivity contribution is 5.89. The molecule has 4 N–H and O–H groups in total. The number of carbonyl (C=O) groups is 5. The van der Waals surface area contributed by atoms with Crippen molar-refractivity contribution in [1.82, 2.24) is 36.0 Å². The molecule has 0 bridgehead atoms. The summed E-state index contributed by atoms with van der Waals surface area (Å²) < 4.78 is 28.0. The van der Waals surface area contributed by atoms with E-state index in [1.807, 2.05) is 58.0 Å². The van der Waals surface area contributed by atoms with Crippen LogP contribution in [0.4, 0.5) is 0 Å². The summed E-state index contributed by atoms with van der Waals surface area (Å²) in [5.41, 5.74) is 0.886. The first-order valence-electron chi connectivity index (χ1n) is 22.9. The lowest BCUT2D eigenvalue weighted by molar-refractivity contribution is -0.146. The number of benzene rings is 1. The smallest absolute Gasteiger partial charge is 0.243 e. The molecule has 5 amide bonds. The quantitative estimate of drug-likeness (QED) is 0.0851. The molecule has 8 atom stereocenters. The number of piperazine rings is 1. The van der Waals surface area contributed by atoms with Gasteiger partial charge in [0.15, 0.2) is 0 Å². The van der Waals surface area contributed by atoms with E-state index in [0.717, 1.165) is 44.6 Å². The lowest BCUT2D eigenvalue weighted by Gasteiger charge is -2.39. The highest BCUT2D eigenvalue weighted by atomic mass is 16.5. The van der Waals surface area contributed by atoms with Crippen LogP contribution < -0.4 is 21.3 Å². The Morgan fingerprint density at radius 1 is 0.841 bits per heavy atom. The average molecular weight is 890 g/mol. The SMILES string of the molecule is CCC(C)C(C(CC(=O)N1CCCC1C(OC)C(C)C(=O)NC(Cc1ccccc1)C(=O)NCCOCCOCCOC)OC)N(C)C(=O)CNC(=O)C(C(C)C)N1CCNCC1. The van der Waals surface area contributed by atoms with Crippen LogP contribution in [0.1, 0.15) is 65.9 Å². The normalized spacial score (nSPS) is 19.1. The molecular formula is C46H79N7O10. The van der Waals surface area contributed by atoms with Gasteiger partial charge in [0.05, 0.1) is 82.3 Å². The second kappa shape index (κ2) is 29.0. The Hall–Kier alpha value is -3.71. The average Bonchev–Trinajstić information content (AvgIpc) is 3.77. The lowest BCUT2D eigenvalue weighted by Crippen LogP contribution is -2.57. The van der Waals surface area contributed by atoms with Crippen LogP contribution in [0.25, 0.3) is 0 Å². The summed E-state index contributed by atoms with van der Waals surface area (Å²) in [6.07, 6.45) is 1.06. The van der Waals surface area contributed by atoms with E-state index in [2.05, 4.69) is 26.2 Å². The van der Waals surface area contributed by atoms with Gasteiger partial charge in [-0.05, 0) is 30.2 Å². The number of hydrogen-bond donors (Lipinski definition) is 4. The van der Waals surface area contributed by atoms with Crippen molar-refractivity contribution in [2.24, 2.45) is 17.8 Å². The summed E-state index contributed by atoms with van der Waals surface area (Å²) in [7, 11) is 6.41. The molecule has 0 spiro atoms. The number of amides is 5. The molecule has 63 heavy (non-hydrogen) atoms. The molecule has 3 rings (SSSR count). The van der Waals surface area contributed by atoms with Crippen molar-refractivity contribution < 1.29 is 47.7 Å². The minimum Gasteiger partial charge on any atom is -0.382 e. The summed E-state index contributed by atoms with van der Waals surface area (Å²) >= 11 is 0. The standard InChI is InChI=1S/C46H79N7O10/c1-10-33(4)42(51(6)40(55)31-49-46(58)41(32(2)3)52-22-18-47-19-23-52)38(60-8)30-39(54)53-21-14-17-37(53)43(61-9)34(5)44(56)50-36(29-35-15-12-11-13-16-35)45(57)48-20-24-62-27-28-63-26-25-59-7/h11-13,15-16,32-34,36-38,41-43,47H,10,14,17-31H2,1-9H3,(H,48,57)(H,49,58)(H,50,56). The molecule has 358 valence electrons. The summed E-state index contributed by atoms with van der Waals surface area (Å²) in [4.78, 5) is 74.5. The van der Waals surface area contributed by atoms with E-state index in [0.29, 0.717) is 39.4 Å². The van der Waals surface area contributed by atoms with Gasteiger partial charge in [-0.1, -0.05) is 71.4 Å². The van der Waals surface area contributed by atoms with Gasteiger partial charge in [0.1, 0.15) is 6.04 Å². The van der Waals surface area contributed by atoms with E-state index in [-0.39, 0.29) is 80.0 Å². The Kier molecular flexibility index (Phi) is 24.6. The van der Waals surface area contributed by atoms with Crippen molar-refractivity contribution in [3.63, 3.8) is 0 Å². The fourth-order valence-corrected chi connectivity index (χ4v) is 8.76. The fraction of sp³-hybridized carbons (Fsp3) is 0.761. The molecule has 2 aliphatic heterocycles. The maximum Gasteiger partial charge on any atom is 0.243 e. The van der Waals surface area contributed by atoms with E-state index in [9.17, 15) is 24.0 Å². The van der Waals surface area contributed by atoms with Gasteiger partial charge < -0.3 is 54.8 Å². The maximum atomic E-state index is 14.3. The zero-order chi connectivity index (χ0) is 46.3. The van der Waals surface area contributed by atoms with Gasteiger partial charge >= 0.3 is 0 Å². The van der Waals surface area contributed by atoms with Crippen LogP contribution in [0, 0.1) is 17.8 Å². The number of nitrogens with zero attached hydrogens (tertiary/aromatic N) is 3. The third-order valence-corrected chi connectivity index (χ3v) is 12.4. The molecule has 2 heterocycles.